The first kappa shape index (κ1) is 18.6. The van der Waals surface area contributed by atoms with E-state index in [-0.39, 0.29) is 5.69 Å². The lowest BCUT2D eigenvalue weighted by Gasteiger charge is -2.10. The number of ether oxygens (including phenoxy) is 1. The summed E-state index contributed by atoms with van der Waals surface area (Å²) in [6.07, 6.45) is 1.27. The van der Waals surface area contributed by atoms with E-state index in [9.17, 15) is 19.7 Å². The monoisotopic (exact) mass is 356 g/mol. The SMILES string of the molecule is CCOc1ccccc1NC(=O)C(=O)NN=Cc1ccc([N+](=O)[O-])cc1. The lowest BCUT2D eigenvalue weighted by Crippen LogP contribution is -2.32. The molecule has 26 heavy (non-hydrogen) atoms. The molecule has 0 heterocycles. The molecular formula is C17H16N4O5. The third-order valence-corrected chi connectivity index (χ3v) is 3.12. The number of hydrazone groups is 1. The van der Waals surface area contributed by atoms with Gasteiger partial charge in [0.25, 0.3) is 5.69 Å². The number of nitro groups is 1. The van der Waals surface area contributed by atoms with Crippen LogP contribution in [0.15, 0.2) is 53.6 Å². The Morgan fingerprint density at radius 2 is 1.85 bits per heavy atom. The van der Waals surface area contributed by atoms with Crippen molar-refractivity contribution in [2.75, 3.05) is 11.9 Å². The first-order chi connectivity index (χ1) is 12.5. The highest BCUT2D eigenvalue weighted by molar-refractivity contribution is 6.39. The topological polar surface area (TPSA) is 123 Å². The summed E-state index contributed by atoms with van der Waals surface area (Å²) in [5, 5.41) is 16.7. The summed E-state index contributed by atoms with van der Waals surface area (Å²) in [6.45, 7) is 2.22. The van der Waals surface area contributed by atoms with Crippen molar-refractivity contribution >= 4 is 29.4 Å². The molecule has 0 bridgehead atoms. The van der Waals surface area contributed by atoms with Crippen LogP contribution in [-0.2, 0) is 9.59 Å². The molecule has 0 saturated heterocycles. The van der Waals surface area contributed by atoms with E-state index in [2.05, 4.69) is 15.8 Å². The Balaban J connectivity index is 1.93. The second-order valence-electron chi connectivity index (χ2n) is 4.93. The van der Waals surface area contributed by atoms with E-state index in [1.807, 2.05) is 0 Å². The fourth-order valence-electron chi connectivity index (χ4n) is 1.93. The number of para-hydroxylation sites is 2. The number of anilines is 1. The fourth-order valence-corrected chi connectivity index (χ4v) is 1.93. The van der Waals surface area contributed by atoms with Gasteiger partial charge in [0.15, 0.2) is 0 Å². The quantitative estimate of drug-likeness (QED) is 0.355. The molecule has 9 nitrogen and oxygen atoms in total. The van der Waals surface area contributed by atoms with Gasteiger partial charge in [0.1, 0.15) is 5.75 Å². The van der Waals surface area contributed by atoms with Gasteiger partial charge < -0.3 is 10.1 Å². The number of benzene rings is 2. The van der Waals surface area contributed by atoms with Crippen molar-refractivity contribution in [1.29, 1.82) is 0 Å². The van der Waals surface area contributed by atoms with Gasteiger partial charge in [0.05, 0.1) is 23.4 Å². The number of rotatable bonds is 6. The van der Waals surface area contributed by atoms with Gasteiger partial charge in [0.2, 0.25) is 0 Å². The molecule has 0 aliphatic rings. The number of carbonyl (C=O) groups excluding carboxylic acids is 2. The highest BCUT2D eigenvalue weighted by Crippen LogP contribution is 2.23. The van der Waals surface area contributed by atoms with Gasteiger partial charge in [-0.2, -0.15) is 5.10 Å². The normalized spacial score (nSPS) is 10.3. The highest BCUT2D eigenvalue weighted by atomic mass is 16.6. The molecule has 0 aromatic heterocycles. The minimum Gasteiger partial charge on any atom is -0.492 e. The first-order valence-electron chi connectivity index (χ1n) is 7.62. The van der Waals surface area contributed by atoms with Crippen LogP contribution in [0.2, 0.25) is 0 Å². The van der Waals surface area contributed by atoms with Crippen LogP contribution in [0.4, 0.5) is 11.4 Å². The zero-order valence-corrected chi connectivity index (χ0v) is 13.8. The van der Waals surface area contributed by atoms with Crippen LogP contribution in [0.3, 0.4) is 0 Å². The average molecular weight is 356 g/mol. The van der Waals surface area contributed by atoms with Gasteiger partial charge in [-0.1, -0.05) is 12.1 Å². The number of nitro benzene ring substituents is 1. The molecular weight excluding hydrogens is 340 g/mol. The van der Waals surface area contributed by atoms with Crippen LogP contribution < -0.4 is 15.5 Å². The van der Waals surface area contributed by atoms with E-state index in [4.69, 9.17) is 4.74 Å². The van der Waals surface area contributed by atoms with E-state index in [1.54, 1.807) is 31.2 Å². The van der Waals surface area contributed by atoms with Gasteiger partial charge in [-0.15, -0.1) is 0 Å². The van der Waals surface area contributed by atoms with Crippen molar-refractivity contribution in [2.45, 2.75) is 6.92 Å². The van der Waals surface area contributed by atoms with Crippen LogP contribution in [0, 0.1) is 10.1 Å². The van der Waals surface area contributed by atoms with E-state index >= 15 is 0 Å². The predicted octanol–water partition coefficient (Wildman–Crippen LogP) is 2.08. The van der Waals surface area contributed by atoms with Gasteiger partial charge in [-0.05, 0) is 36.8 Å². The van der Waals surface area contributed by atoms with Crippen molar-refractivity contribution in [3.8, 4) is 5.75 Å². The third kappa shape index (κ3) is 5.13. The summed E-state index contributed by atoms with van der Waals surface area (Å²) in [6, 6.07) is 12.3. The lowest BCUT2D eigenvalue weighted by molar-refractivity contribution is -0.384. The molecule has 0 spiro atoms. The second kappa shape index (κ2) is 8.92. The number of nitrogens with one attached hydrogen (secondary N) is 2. The summed E-state index contributed by atoms with van der Waals surface area (Å²) in [7, 11) is 0. The molecule has 134 valence electrons. The standard InChI is InChI=1S/C17H16N4O5/c1-2-26-15-6-4-3-5-14(15)19-16(22)17(23)20-18-11-12-7-9-13(10-8-12)21(24)25/h3-11H,2H2,1H3,(H,19,22)(H,20,23). The maximum atomic E-state index is 11.9. The smallest absolute Gasteiger partial charge is 0.329 e. The van der Waals surface area contributed by atoms with Gasteiger partial charge in [0, 0.05) is 12.1 Å². The number of amides is 2. The highest BCUT2D eigenvalue weighted by Gasteiger charge is 2.15. The summed E-state index contributed by atoms with van der Waals surface area (Å²) >= 11 is 0. The molecule has 0 fully saturated rings. The van der Waals surface area contributed by atoms with Gasteiger partial charge in [-0.3, -0.25) is 19.7 Å². The van der Waals surface area contributed by atoms with Crippen molar-refractivity contribution in [3.63, 3.8) is 0 Å². The van der Waals surface area contributed by atoms with Crippen molar-refractivity contribution < 1.29 is 19.2 Å². The molecule has 0 aliphatic carbocycles. The molecule has 0 radical (unpaired) electrons. The Morgan fingerprint density at radius 1 is 1.15 bits per heavy atom. The van der Waals surface area contributed by atoms with Crippen LogP contribution in [0.25, 0.3) is 0 Å². The maximum absolute atomic E-state index is 11.9. The van der Waals surface area contributed by atoms with Crippen LogP contribution >= 0.6 is 0 Å². The average Bonchev–Trinajstić information content (AvgIpc) is 2.63. The van der Waals surface area contributed by atoms with Crippen LogP contribution in [-0.4, -0.2) is 29.6 Å². The molecule has 2 N–H and O–H groups in total. The Labute approximate surface area is 148 Å². The molecule has 0 saturated carbocycles. The van der Waals surface area contributed by atoms with E-state index in [0.717, 1.165) is 0 Å². The van der Waals surface area contributed by atoms with E-state index in [0.29, 0.717) is 23.6 Å². The zero-order valence-electron chi connectivity index (χ0n) is 13.8. The fraction of sp³-hybridized carbons (Fsp3) is 0.118. The number of hydrogen-bond acceptors (Lipinski definition) is 6. The summed E-state index contributed by atoms with van der Waals surface area (Å²) in [4.78, 5) is 33.7. The Kier molecular flexibility index (Phi) is 6.38. The second-order valence-corrected chi connectivity index (χ2v) is 4.93. The summed E-state index contributed by atoms with van der Waals surface area (Å²) in [5.41, 5.74) is 2.92. The molecule has 0 atom stereocenters. The third-order valence-electron chi connectivity index (χ3n) is 3.12. The molecule has 0 unspecified atom stereocenters. The van der Waals surface area contributed by atoms with Crippen molar-refractivity contribution in [1.82, 2.24) is 5.43 Å². The largest absolute Gasteiger partial charge is 0.492 e. The summed E-state index contributed by atoms with van der Waals surface area (Å²) in [5.74, 6) is -1.42. The van der Waals surface area contributed by atoms with Gasteiger partial charge >= 0.3 is 11.8 Å². The minimum absolute atomic E-state index is 0.0569. The predicted molar refractivity (Wildman–Crippen MR) is 95.1 cm³/mol. The molecule has 2 aromatic carbocycles. The van der Waals surface area contributed by atoms with E-state index < -0.39 is 16.7 Å². The minimum atomic E-state index is -0.963. The maximum Gasteiger partial charge on any atom is 0.329 e. The number of non-ortho nitro benzene ring substituents is 1. The lowest BCUT2D eigenvalue weighted by atomic mass is 10.2. The molecule has 2 rings (SSSR count). The number of carbonyl (C=O) groups is 2. The zero-order chi connectivity index (χ0) is 18.9. The van der Waals surface area contributed by atoms with Gasteiger partial charge in [-0.25, -0.2) is 5.43 Å². The van der Waals surface area contributed by atoms with Crippen LogP contribution in [0.1, 0.15) is 12.5 Å². The van der Waals surface area contributed by atoms with Crippen molar-refractivity contribution in [3.05, 3.63) is 64.2 Å². The van der Waals surface area contributed by atoms with Crippen LogP contribution in [0.5, 0.6) is 5.75 Å². The molecule has 2 amide bonds. The van der Waals surface area contributed by atoms with E-state index in [1.165, 1.54) is 30.5 Å². The molecule has 2 aromatic rings. The Morgan fingerprint density at radius 3 is 2.50 bits per heavy atom. The van der Waals surface area contributed by atoms with Crippen molar-refractivity contribution in [2.24, 2.45) is 5.10 Å². The molecule has 0 aliphatic heterocycles. The number of hydrogen-bond donors (Lipinski definition) is 2. The Bertz CT molecular complexity index is 833. The number of nitrogens with zero attached hydrogens (tertiary/aromatic N) is 2. The Hall–Kier alpha value is -3.75. The summed E-state index contributed by atoms with van der Waals surface area (Å²) < 4.78 is 5.36. The first-order valence-corrected chi connectivity index (χ1v) is 7.62. The molecule has 9 heteroatoms.